The molecule has 2 unspecified atom stereocenters. The van der Waals surface area contributed by atoms with Gasteiger partial charge in [0.15, 0.2) is 0 Å². The Morgan fingerprint density at radius 3 is 2.81 bits per heavy atom. The summed E-state index contributed by atoms with van der Waals surface area (Å²) in [5.74, 6) is 0.108. The highest BCUT2D eigenvalue weighted by Crippen LogP contribution is 2.31. The van der Waals surface area contributed by atoms with E-state index in [9.17, 15) is 14.7 Å². The standard InChI is InChI=1S/C25H33N3O4/c1-17(2)15-27-12-13-32-19(16-27)14-26-24(30)22-8-5-11-28(22)25(31)21-10-9-18-6-3-4-7-20(18)23(21)29/h3-4,6-7,9-10,17,19,22,29H,5,8,11-16H2,1-2H3,(H,26,30). The fraction of sp³-hybridized carbons (Fsp3) is 0.520. The number of phenolic OH excluding ortho intramolecular Hbond substituents is 1. The average Bonchev–Trinajstić information content (AvgIpc) is 3.27. The second kappa shape index (κ2) is 9.88. The van der Waals surface area contributed by atoms with E-state index in [1.54, 1.807) is 17.0 Å². The molecule has 0 saturated carbocycles. The molecule has 2 amide bonds. The van der Waals surface area contributed by atoms with E-state index in [1.807, 2.05) is 24.3 Å². The number of likely N-dealkylation sites (tertiary alicyclic amines) is 1. The predicted molar refractivity (Wildman–Crippen MR) is 124 cm³/mol. The molecule has 2 atom stereocenters. The molecule has 0 aromatic heterocycles. The van der Waals surface area contributed by atoms with Crippen LogP contribution in [0.2, 0.25) is 0 Å². The van der Waals surface area contributed by atoms with Crippen molar-refractivity contribution >= 4 is 22.6 Å². The molecule has 2 aliphatic rings. The first-order valence-corrected chi connectivity index (χ1v) is 11.6. The fourth-order valence-electron chi connectivity index (χ4n) is 4.78. The summed E-state index contributed by atoms with van der Waals surface area (Å²) in [5, 5.41) is 15.2. The lowest BCUT2D eigenvalue weighted by Crippen LogP contribution is -2.51. The van der Waals surface area contributed by atoms with Crippen molar-refractivity contribution in [1.29, 1.82) is 0 Å². The van der Waals surface area contributed by atoms with E-state index in [0.29, 0.717) is 37.4 Å². The zero-order valence-corrected chi connectivity index (χ0v) is 18.9. The van der Waals surface area contributed by atoms with E-state index in [0.717, 1.165) is 31.4 Å². The summed E-state index contributed by atoms with van der Waals surface area (Å²) >= 11 is 0. The number of hydrogen-bond acceptors (Lipinski definition) is 5. The smallest absolute Gasteiger partial charge is 0.258 e. The number of amides is 2. The number of hydrogen-bond donors (Lipinski definition) is 2. The summed E-state index contributed by atoms with van der Waals surface area (Å²) in [6.07, 6.45) is 1.35. The SMILES string of the molecule is CC(C)CN1CCOC(CNC(=O)C2CCCN2C(=O)c2ccc3ccccc3c2O)C1. The van der Waals surface area contributed by atoms with Crippen molar-refractivity contribution < 1.29 is 19.4 Å². The summed E-state index contributed by atoms with van der Waals surface area (Å²) in [6.45, 7) is 8.75. The lowest BCUT2D eigenvalue weighted by Gasteiger charge is -2.34. The summed E-state index contributed by atoms with van der Waals surface area (Å²) in [7, 11) is 0. The number of benzene rings is 2. The average molecular weight is 440 g/mol. The van der Waals surface area contributed by atoms with Crippen molar-refractivity contribution in [3.8, 4) is 5.75 Å². The summed E-state index contributed by atoms with van der Waals surface area (Å²) < 4.78 is 5.83. The Hall–Kier alpha value is -2.64. The van der Waals surface area contributed by atoms with Gasteiger partial charge in [0.2, 0.25) is 5.91 Å². The van der Waals surface area contributed by atoms with Gasteiger partial charge in [0.05, 0.1) is 18.3 Å². The molecule has 32 heavy (non-hydrogen) atoms. The van der Waals surface area contributed by atoms with Gasteiger partial charge in [0.1, 0.15) is 11.8 Å². The minimum absolute atomic E-state index is 0.0278. The van der Waals surface area contributed by atoms with E-state index in [-0.39, 0.29) is 29.2 Å². The van der Waals surface area contributed by atoms with Gasteiger partial charge in [0.25, 0.3) is 5.91 Å². The first-order valence-electron chi connectivity index (χ1n) is 11.6. The van der Waals surface area contributed by atoms with Gasteiger partial charge in [-0.3, -0.25) is 14.5 Å². The molecular weight excluding hydrogens is 406 g/mol. The van der Waals surface area contributed by atoms with Crippen LogP contribution in [0.3, 0.4) is 0 Å². The molecule has 2 fully saturated rings. The molecule has 0 aliphatic carbocycles. The van der Waals surface area contributed by atoms with Crippen LogP contribution in [-0.4, -0.2) is 78.2 Å². The second-order valence-electron chi connectivity index (χ2n) is 9.23. The Kier molecular flexibility index (Phi) is 6.96. The molecule has 2 N–H and O–H groups in total. The molecule has 7 nitrogen and oxygen atoms in total. The van der Waals surface area contributed by atoms with Gasteiger partial charge >= 0.3 is 0 Å². The number of morpholine rings is 1. The van der Waals surface area contributed by atoms with E-state index in [2.05, 4.69) is 24.1 Å². The third kappa shape index (κ3) is 4.89. The number of nitrogens with zero attached hydrogens (tertiary/aromatic N) is 2. The van der Waals surface area contributed by atoms with Crippen molar-refractivity contribution in [3.05, 3.63) is 42.0 Å². The van der Waals surface area contributed by atoms with Crippen LogP contribution < -0.4 is 5.32 Å². The first-order chi connectivity index (χ1) is 15.4. The highest BCUT2D eigenvalue weighted by atomic mass is 16.5. The van der Waals surface area contributed by atoms with Crippen LogP contribution in [0.15, 0.2) is 36.4 Å². The molecule has 2 aromatic rings. The highest BCUT2D eigenvalue weighted by molar-refractivity contribution is 6.05. The number of rotatable bonds is 6. The van der Waals surface area contributed by atoms with E-state index >= 15 is 0 Å². The van der Waals surface area contributed by atoms with Gasteiger partial charge in [-0.2, -0.15) is 0 Å². The van der Waals surface area contributed by atoms with Crippen molar-refractivity contribution in [3.63, 3.8) is 0 Å². The van der Waals surface area contributed by atoms with Crippen LogP contribution in [0.25, 0.3) is 10.8 Å². The van der Waals surface area contributed by atoms with Gasteiger partial charge in [-0.05, 0) is 30.2 Å². The maximum absolute atomic E-state index is 13.2. The molecule has 2 aromatic carbocycles. The Morgan fingerprint density at radius 1 is 1.19 bits per heavy atom. The topological polar surface area (TPSA) is 82.1 Å². The van der Waals surface area contributed by atoms with Crippen LogP contribution in [0.4, 0.5) is 0 Å². The molecule has 2 heterocycles. The molecule has 4 rings (SSSR count). The fourth-order valence-corrected chi connectivity index (χ4v) is 4.78. The van der Waals surface area contributed by atoms with Crippen molar-refractivity contribution in [2.45, 2.75) is 38.8 Å². The molecule has 2 saturated heterocycles. The van der Waals surface area contributed by atoms with Crippen LogP contribution in [0.5, 0.6) is 5.75 Å². The molecule has 0 bridgehead atoms. The van der Waals surface area contributed by atoms with E-state index in [4.69, 9.17) is 4.74 Å². The van der Waals surface area contributed by atoms with Gasteiger partial charge in [-0.25, -0.2) is 0 Å². The Balaban J connectivity index is 1.39. The van der Waals surface area contributed by atoms with E-state index in [1.165, 1.54) is 0 Å². The normalized spacial score (nSPS) is 21.9. The van der Waals surface area contributed by atoms with Crippen LogP contribution >= 0.6 is 0 Å². The molecule has 0 radical (unpaired) electrons. The molecule has 0 spiro atoms. The molecule has 172 valence electrons. The van der Waals surface area contributed by atoms with Crippen molar-refractivity contribution in [2.75, 3.05) is 39.3 Å². The number of ether oxygens (including phenoxy) is 1. The van der Waals surface area contributed by atoms with Gasteiger partial charge in [-0.1, -0.05) is 44.2 Å². The number of phenols is 1. The van der Waals surface area contributed by atoms with Gasteiger partial charge in [0, 0.05) is 38.1 Å². The lowest BCUT2D eigenvalue weighted by molar-refractivity contribution is -0.126. The molecular formula is C25H33N3O4. The van der Waals surface area contributed by atoms with Crippen molar-refractivity contribution in [1.82, 2.24) is 15.1 Å². The quantitative estimate of drug-likeness (QED) is 0.723. The third-order valence-electron chi connectivity index (χ3n) is 6.30. The first kappa shape index (κ1) is 22.6. The Labute approximate surface area is 189 Å². The van der Waals surface area contributed by atoms with Crippen LogP contribution in [0.1, 0.15) is 37.0 Å². The lowest BCUT2D eigenvalue weighted by atomic mass is 10.0. The third-order valence-corrected chi connectivity index (χ3v) is 6.30. The zero-order chi connectivity index (χ0) is 22.7. The molecule has 2 aliphatic heterocycles. The predicted octanol–water partition coefficient (Wildman–Crippen LogP) is 2.62. The van der Waals surface area contributed by atoms with Crippen LogP contribution in [-0.2, 0) is 9.53 Å². The summed E-state index contributed by atoms with van der Waals surface area (Å²) in [6, 6.07) is 10.4. The maximum atomic E-state index is 13.2. The van der Waals surface area contributed by atoms with E-state index < -0.39 is 6.04 Å². The largest absolute Gasteiger partial charge is 0.506 e. The number of fused-ring (bicyclic) bond motifs is 1. The summed E-state index contributed by atoms with van der Waals surface area (Å²) in [4.78, 5) is 30.1. The highest BCUT2D eigenvalue weighted by Gasteiger charge is 2.36. The molecule has 7 heteroatoms. The minimum Gasteiger partial charge on any atom is -0.506 e. The van der Waals surface area contributed by atoms with Crippen LogP contribution in [0, 0.1) is 5.92 Å². The second-order valence-corrected chi connectivity index (χ2v) is 9.23. The number of nitrogens with one attached hydrogen (secondary N) is 1. The zero-order valence-electron chi connectivity index (χ0n) is 18.9. The number of aromatic hydroxyl groups is 1. The minimum atomic E-state index is -0.524. The van der Waals surface area contributed by atoms with Crippen molar-refractivity contribution in [2.24, 2.45) is 5.92 Å². The van der Waals surface area contributed by atoms with Gasteiger partial charge < -0.3 is 20.1 Å². The maximum Gasteiger partial charge on any atom is 0.258 e. The van der Waals surface area contributed by atoms with Gasteiger partial charge in [-0.15, -0.1) is 0 Å². The monoisotopic (exact) mass is 439 g/mol. The number of carbonyl (C=O) groups excluding carboxylic acids is 2. The summed E-state index contributed by atoms with van der Waals surface area (Å²) in [5.41, 5.74) is 0.239. The Morgan fingerprint density at radius 2 is 2.00 bits per heavy atom. The number of carbonyl (C=O) groups is 2. The Bertz CT molecular complexity index is 977.